The van der Waals surface area contributed by atoms with Gasteiger partial charge < -0.3 is 9.64 Å². The molecular formula is C22H26N2O4S. The van der Waals surface area contributed by atoms with E-state index in [1.54, 1.807) is 30.3 Å². The van der Waals surface area contributed by atoms with Crippen molar-refractivity contribution in [3.8, 4) is 0 Å². The lowest BCUT2D eigenvalue weighted by Crippen LogP contribution is -2.56. The van der Waals surface area contributed by atoms with Crippen molar-refractivity contribution < 1.29 is 17.9 Å². The summed E-state index contributed by atoms with van der Waals surface area (Å²) in [4.78, 5) is 15.7. The molecule has 0 radical (unpaired) electrons. The van der Waals surface area contributed by atoms with Crippen LogP contribution in [-0.4, -0.2) is 62.9 Å². The fourth-order valence-corrected chi connectivity index (χ4v) is 5.72. The third kappa shape index (κ3) is 3.82. The fourth-order valence-electron chi connectivity index (χ4n) is 4.28. The minimum Gasteiger partial charge on any atom is -0.381 e. The monoisotopic (exact) mass is 414 g/mol. The zero-order valence-electron chi connectivity index (χ0n) is 16.4. The van der Waals surface area contributed by atoms with Gasteiger partial charge in [-0.2, -0.15) is 4.31 Å². The highest BCUT2D eigenvalue weighted by Crippen LogP contribution is 2.37. The highest BCUT2D eigenvalue weighted by atomic mass is 32.2. The number of hydrogen-bond donors (Lipinski definition) is 0. The van der Waals surface area contributed by atoms with E-state index in [2.05, 4.69) is 0 Å². The number of carbonyl (C=O) groups excluding carboxylic acids is 1. The second-order valence-electron chi connectivity index (χ2n) is 7.57. The number of hydrogen-bond acceptors (Lipinski definition) is 4. The fraction of sp³-hybridized carbons (Fsp3) is 0.409. The molecule has 2 aromatic rings. The van der Waals surface area contributed by atoms with Crippen LogP contribution in [0, 0.1) is 0 Å². The van der Waals surface area contributed by atoms with E-state index in [4.69, 9.17) is 4.74 Å². The van der Waals surface area contributed by atoms with Crippen LogP contribution in [0.1, 0.15) is 18.4 Å². The Hall–Kier alpha value is -2.22. The molecule has 0 bridgehead atoms. The minimum atomic E-state index is -3.53. The van der Waals surface area contributed by atoms with Gasteiger partial charge in [-0.1, -0.05) is 48.5 Å². The average Bonchev–Trinajstić information content (AvgIpc) is 2.80. The van der Waals surface area contributed by atoms with Gasteiger partial charge >= 0.3 is 0 Å². The maximum atomic E-state index is 13.6. The third-order valence-corrected chi connectivity index (χ3v) is 7.90. The van der Waals surface area contributed by atoms with Gasteiger partial charge in [-0.25, -0.2) is 8.42 Å². The molecule has 1 amide bonds. The smallest absolute Gasteiger partial charge is 0.243 e. The number of ether oxygens (including phenoxy) is 1. The molecule has 2 aliphatic rings. The Labute approximate surface area is 172 Å². The quantitative estimate of drug-likeness (QED) is 0.770. The number of nitrogens with zero attached hydrogens (tertiary/aromatic N) is 2. The summed E-state index contributed by atoms with van der Waals surface area (Å²) in [6.45, 7) is 2.54. The Morgan fingerprint density at radius 3 is 1.97 bits per heavy atom. The van der Waals surface area contributed by atoms with Gasteiger partial charge in [0.25, 0.3) is 0 Å². The van der Waals surface area contributed by atoms with Crippen molar-refractivity contribution in [2.45, 2.75) is 23.2 Å². The van der Waals surface area contributed by atoms with Gasteiger partial charge in [0.1, 0.15) is 0 Å². The molecule has 2 aliphatic heterocycles. The van der Waals surface area contributed by atoms with E-state index in [9.17, 15) is 13.2 Å². The number of amides is 1. The third-order valence-electron chi connectivity index (χ3n) is 5.99. The first kappa shape index (κ1) is 20.1. The molecule has 0 unspecified atom stereocenters. The molecule has 0 saturated carbocycles. The van der Waals surface area contributed by atoms with Gasteiger partial charge in [-0.15, -0.1) is 0 Å². The second kappa shape index (κ2) is 8.26. The maximum absolute atomic E-state index is 13.6. The van der Waals surface area contributed by atoms with Crippen LogP contribution in [0.25, 0.3) is 0 Å². The number of sulfonamides is 1. The van der Waals surface area contributed by atoms with Crippen LogP contribution >= 0.6 is 0 Å². The van der Waals surface area contributed by atoms with Crippen LogP contribution in [-0.2, 0) is 25.0 Å². The summed E-state index contributed by atoms with van der Waals surface area (Å²) in [5.41, 5.74) is 0.438. The minimum absolute atomic E-state index is 0.0868. The number of piperazine rings is 1. The largest absolute Gasteiger partial charge is 0.381 e. The Kier molecular flexibility index (Phi) is 5.72. The molecule has 2 heterocycles. The predicted octanol–water partition coefficient (Wildman–Crippen LogP) is 2.27. The number of rotatable bonds is 4. The van der Waals surface area contributed by atoms with Gasteiger partial charge in [0, 0.05) is 39.4 Å². The summed E-state index contributed by atoms with van der Waals surface area (Å²) in [6, 6.07) is 18.4. The van der Waals surface area contributed by atoms with E-state index in [0.717, 1.165) is 5.56 Å². The molecule has 0 aromatic heterocycles. The highest BCUT2D eigenvalue weighted by Gasteiger charge is 2.45. The average molecular weight is 415 g/mol. The SMILES string of the molecule is O=C(N1CCN(S(=O)(=O)c2ccccc2)CC1)C1(c2ccccc2)CCOCC1. The van der Waals surface area contributed by atoms with Crippen LogP contribution in [0.15, 0.2) is 65.6 Å². The molecule has 4 rings (SSSR count). The molecule has 7 heteroatoms. The first-order valence-corrected chi connectivity index (χ1v) is 11.5. The summed E-state index contributed by atoms with van der Waals surface area (Å²) >= 11 is 0. The van der Waals surface area contributed by atoms with E-state index in [1.807, 2.05) is 35.2 Å². The number of benzene rings is 2. The molecule has 2 aromatic carbocycles. The van der Waals surface area contributed by atoms with E-state index >= 15 is 0 Å². The van der Waals surface area contributed by atoms with Gasteiger partial charge in [-0.3, -0.25) is 4.79 Å². The Morgan fingerprint density at radius 1 is 0.828 bits per heavy atom. The van der Waals surface area contributed by atoms with Gasteiger partial charge in [0.05, 0.1) is 10.3 Å². The molecular weight excluding hydrogens is 388 g/mol. The zero-order valence-corrected chi connectivity index (χ0v) is 17.2. The first-order chi connectivity index (χ1) is 14.0. The van der Waals surface area contributed by atoms with Gasteiger partial charge in [0.15, 0.2) is 0 Å². The molecule has 6 nitrogen and oxygen atoms in total. The number of carbonyl (C=O) groups is 1. The molecule has 0 aliphatic carbocycles. The van der Waals surface area contributed by atoms with Crippen molar-refractivity contribution in [2.24, 2.45) is 0 Å². The standard InChI is InChI=1S/C22H26N2O4S/c25-21(22(11-17-28-18-12-22)19-7-3-1-4-8-19)23-13-15-24(16-14-23)29(26,27)20-9-5-2-6-10-20/h1-10H,11-18H2. The zero-order chi connectivity index (χ0) is 20.3. The Bertz CT molecular complexity index is 933. The van der Waals surface area contributed by atoms with Crippen molar-refractivity contribution in [2.75, 3.05) is 39.4 Å². The van der Waals surface area contributed by atoms with E-state index < -0.39 is 15.4 Å². The topological polar surface area (TPSA) is 66.9 Å². The first-order valence-electron chi connectivity index (χ1n) is 10.0. The lowest BCUT2D eigenvalue weighted by molar-refractivity contribution is -0.142. The predicted molar refractivity (Wildman–Crippen MR) is 110 cm³/mol. The van der Waals surface area contributed by atoms with E-state index in [0.29, 0.717) is 57.1 Å². The summed E-state index contributed by atoms with van der Waals surface area (Å²) in [6.07, 6.45) is 1.30. The van der Waals surface area contributed by atoms with Gasteiger partial charge in [-0.05, 0) is 30.5 Å². The van der Waals surface area contributed by atoms with E-state index in [-0.39, 0.29) is 5.91 Å². The summed E-state index contributed by atoms with van der Waals surface area (Å²) < 4.78 is 32.7. The van der Waals surface area contributed by atoms with E-state index in [1.165, 1.54) is 4.31 Å². The van der Waals surface area contributed by atoms with Crippen molar-refractivity contribution in [1.82, 2.24) is 9.21 Å². The van der Waals surface area contributed by atoms with Crippen molar-refractivity contribution in [3.63, 3.8) is 0 Å². The maximum Gasteiger partial charge on any atom is 0.243 e. The van der Waals surface area contributed by atoms with Crippen molar-refractivity contribution >= 4 is 15.9 Å². The molecule has 2 saturated heterocycles. The summed E-state index contributed by atoms with van der Waals surface area (Å²) in [7, 11) is -3.53. The van der Waals surface area contributed by atoms with Crippen molar-refractivity contribution in [1.29, 1.82) is 0 Å². The molecule has 0 N–H and O–H groups in total. The van der Waals surface area contributed by atoms with Crippen LogP contribution in [0.4, 0.5) is 0 Å². The molecule has 29 heavy (non-hydrogen) atoms. The lowest BCUT2D eigenvalue weighted by Gasteiger charge is -2.42. The Morgan fingerprint density at radius 2 is 1.38 bits per heavy atom. The highest BCUT2D eigenvalue weighted by molar-refractivity contribution is 7.89. The molecule has 154 valence electrons. The van der Waals surface area contributed by atoms with Crippen LogP contribution in [0.2, 0.25) is 0 Å². The molecule has 0 atom stereocenters. The van der Waals surface area contributed by atoms with Crippen LogP contribution in [0.5, 0.6) is 0 Å². The second-order valence-corrected chi connectivity index (χ2v) is 9.51. The normalized spacial score (nSPS) is 20.3. The summed E-state index contributed by atoms with van der Waals surface area (Å²) in [5.74, 6) is 0.0868. The summed E-state index contributed by atoms with van der Waals surface area (Å²) in [5, 5.41) is 0. The lowest BCUT2D eigenvalue weighted by atomic mass is 9.73. The molecule has 0 spiro atoms. The van der Waals surface area contributed by atoms with Crippen LogP contribution in [0.3, 0.4) is 0 Å². The Balaban J connectivity index is 1.51. The van der Waals surface area contributed by atoms with Gasteiger partial charge in [0.2, 0.25) is 15.9 Å². The van der Waals surface area contributed by atoms with Crippen LogP contribution < -0.4 is 0 Å². The molecule has 2 fully saturated rings. The van der Waals surface area contributed by atoms with Crippen molar-refractivity contribution in [3.05, 3.63) is 66.2 Å².